The van der Waals surface area contributed by atoms with Crippen molar-refractivity contribution in [2.24, 2.45) is 5.92 Å². The van der Waals surface area contributed by atoms with Crippen molar-refractivity contribution in [2.75, 3.05) is 72.8 Å². The number of benzene rings is 1. The molecule has 2 aliphatic heterocycles. The molecule has 5 rings (SSSR count). The summed E-state index contributed by atoms with van der Waals surface area (Å²) >= 11 is 0. The number of nitrogen functional groups attached to an aromatic ring is 1. The van der Waals surface area contributed by atoms with E-state index in [0.717, 1.165) is 66.3 Å². The molecule has 1 unspecified atom stereocenters. The van der Waals surface area contributed by atoms with E-state index in [4.69, 9.17) is 25.2 Å². The molecule has 0 aliphatic carbocycles. The van der Waals surface area contributed by atoms with Gasteiger partial charge in [-0.05, 0) is 44.6 Å². The van der Waals surface area contributed by atoms with Crippen LogP contribution in [0.5, 0.6) is 11.5 Å². The predicted molar refractivity (Wildman–Crippen MR) is 138 cm³/mol. The number of quaternary nitrogens is 1. The van der Waals surface area contributed by atoms with Crippen molar-refractivity contribution in [3.05, 3.63) is 24.4 Å². The molecule has 2 aliphatic rings. The molecule has 0 saturated carbocycles. The van der Waals surface area contributed by atoms with Crippen LogP contribution in [-0.4, -0.2) is 91.9 Å². The summed E-state index contributed by atoms with van der Waals surface area (Å²) < 4.78 is 11.6. The van der Waals surface area contributed by atoms with Crippen molar-refractivity contribution >= 4 is 22.9 Å². The fourth-order valence-electron chi connectivity index (χ4n) is 5.60. The Morgan fingerprint density at radius 2 is 1.91 bits per heavy atom. The number of nitrogens with one attached hydrogen (secondary N) is 1. The molecule has 0 amide bonds. The van der Waals surface area contributed by atoms with Crippen molar-refractivity contribution in [1.82, 2.24) is 34.6 Å². The van der Waals surface area contributed by atoms with Crippen LogP contribution in [0, 0.1) is 5.92 Å². The summed E-state index contributed by atoms with van der Waals surface area (Å²) in [6, 6.07) is 5.76. The normalized spacial score (nSPS) is 20.6. The maximum Gasteiger partial charge on any atom is 0.261 e. The predicted octanol–water partition coefficient (Wildman–Crippen LogP) is 1.94. The summed E-state index contributed by atoms with van der Waals surface area (Å²) in [4.78, 5) is 21.4. The van der Waals surface area contributed by atoms with Crippen LogP contribution in [0.4, 0.5) is 11.8 Å². The zero-order valence-electron chi connectivity index (χ0n) is 20.8. The van der Waals surface area contributed by atoms with Crippen LogP contribution >= 0.6 is 0 Å². The molecule has 1 aromatic carbocycles. The summed E-state index contributed by atoms with van der Waals surface area (Å²) in [6.07, 6.45) is 4.20. The average Bonchev–Trinajstić information content (AvgIpc) is 2.88. The highest BCUT2D eigenvalue weighted by Gasteiger charge is 2.40. The first-order valence-corrected chi connectivity index (χ1v) is 12.3. The van der Waals surface area contributed by atoms with Gasteiger partial charge in [-0.3, -0.25) is 4.48 Å². The van der Waals surface area contributed by atoms with Gasteiger partial charge in [0.2, 0.25) is 5.95 Å². The number of aromatic nitrogens is 4. The number of piperazine rings is 1. The van der Waals surface area contributed by atoms with Crippen LogP contribution in [0.15, 0.2) is 24.4 Å². The quantitative estimate of drug-likeness (QED) is 0.512. The zero-order valence-corrected chi connectivity index (χ0v) is 20.8. The lowest BCUT2D eigenvalue weighted by molar-refractivity contribution is 0.142. The van der Waals surface area contributed by atoms with Crippen molar-refractivity contribution < 1.29 is 9.47 Å². The molecule has 10 nitrogen and oxygen atoms in total. The molecule has 2 aromatic heterocycles. The highest BCUT2D eigenvalue weighted by Crippen LogP contribution is 2.35. The first-order valence-electron chi connectivity index (χ1n) is 12.3. The van der Waals surface area contributed by atoms with Gasteiger partial charge in [0.05, 0.1) is 45.7 Å². The molecule has 4 heterocycles. The molecule has 2 saturated heterocycles. The van der Waals surface area contributed by atoms with Gasteiger partial charge in [0.1, 0.15) is 0 Å². The standard InChI is InChI=1S/C25H35N8O2/c1-32-10-4-5-17(15-32)16-33(11-8-27-9-12-33)24-22-23(30-25(26)31-24)28-14-19(29-22)18-6-7-20(34-2)21(13-18)35-3/h6-7,13-14,17,27H,4-5,8-12,15-16H2,1-3H3,(H2,26,28,30,31)/q+1. The monoisotopic (exact) mass is 479 g/mol. The number of hydrogen-bond donors (Lipinski definition) is 2. The number of methoxy groups -OCH3 is 2. The average molecular weight is 480 g/mol. The van der Waals surface area contributed by atoms with E-state index in [0.29, 0.717) is 23.1 Å². The Labute approximate surface area is 206 Å². The minimum Gasteiger partial charge on any atom is -0.493 e. The second kappa shape index (κ2) is 9.88. The second-order valence-electron chi connectivity index (χ2n) is 9.70. The van der Waals surface area contributed by atoms with E-state index in [9.17, 15) is 0 Å². The van der Waals surface area contributed by atoms with Crippen LogP contribution in [0.3, 0.4) is 0 Å². The molecule has 0 bridgehead atoms. The largest absolute Gasteiger partial charge is 0.493 e. The number of ether oxygens (including phenoxy) is 2. The van der Waals surface area contributed by atoms with Crippen molar-refractivity contribution in [1.29, 1.82) is 0 Å². The van der Waals surface area contributed by atoms with E-state index < -0.39 is 0 Å². The summed E-state index contributed by atoms with van der Waals surface area (Å²) in [5.41, 5.74) is 9.09. The lowest BCUT2D eigenvalue weighted by atomic mass is 9.96. The summed E-state index contributed by atoms with van der Waals surface area (Å²) in [7, 11) is 5.47. The van der Waals surface area contributed by atoms with Crippen LogP contribution in [0.25, 0.3) is 22.4 Å². The Kier molecular flexibility index (Phi) is 6.68. The van der Waals surface area contributed by atoms with Crippen molar-refractivity contribution in [3.8, 4) is 22.8 Å². The third-order valence-electron chi connectivity index (χ3n) is 7.30. The fourth-order valence-corrected chi connectivity index (χ4v) is 5.60. The van der Waals surface area contributed by atoms with Crippen LogP contribution < -0.4 is 25.0 Å². The van der Waals surface area contributed by atoms with E-state index in [2.05, 4.69) is 27.2 Å². The smallest absolute Gasteiger partial charge is 0.261 e. The third kappa shape index (κ3) is 4.73. The Morgan fingerprint density at radius 3 is 2.66 bits per heavy atom. The van der Waals surface area contributed by atoms with Gasteiger partial charge in [-0.2, -0.15) is 9.97 Å². The first kappa shape index (κ1) is 23.7. The molecule has 186 valence electrons. The number of nitrogens with two attached hydrogens (primary N) is 1. The molecule has 10 heteroatoms. The van der Waals surface area contributed by atoms with E-state index in [1.165, 1.54) is 19.4 Å². The van der Waals surface area contributed by atoms with Crippen LogP contribution in [0.1, 0.15) is 12.8 Å². The van der Waals surface area contributed by atoms with Crippen LogP contribution in [0.2, 0.25) is 0 Å². The van der Waals surface area contributed by atoms with E-state index >= 15 is 0 Å². The molecular weight excluding hydrogens is 444 g/mol. The Hall–Kier alpha value is -3.08. The number of nitrogens with zero attached hydrogens (tertiary/aromatic N) is 6. The topological polar surface area (TPSA) is 111 Å². The van der Waals surface area contributed by atoms with Gasteiger partial charge in [0.15, 0.2) is 22.7 Å². The Bertz CT molecular complexity index is 1200. The van der Waals surface area contributed by atoms with Crippen molar-refractivity contribution in [3.63, 3.8) is 0 Å². The lowest BCUT2D eigenvalue weighted by Crippen LogP contribution is -2.63. The summed E-state index contributed by atoms with van der Waals surface area (Å²) in [5.74, 6) is 3.05. The van der Waals surface area contributed by atoms with E-state index in [1.807, 2.05) is 18.2 Å². The van der Waals surface area contributed by atoms with E-state index in [-0.39, 0.29) is 5.95 Å². The Morgan fingerprint density at radius 1 is 1.11 bits per heavy atom. The molecular formula is C25H35N8O2+. The van der Waals surface area contributed by atoms with Crippen molar-refractivity contribution in [2.45, 2.75) is 12.8 Å². The minimum absolute atomic E-state index is 0.248. The second-order valence-corrected chi connectivity index (χ2v) is 9.70. The molecule has 3 N–H and O–H groups in total. The highest BCUT2D eigenvalue weighted by molar-refractivity contribution is 5.85. The van der Waals surface area contributed by atoms with Crippen LogP contribution in [-0.2, 0) is 0 Å². The third-order valence-corrected chi connectivity index (χ3v) is 7.30. The molecule has 0 radical (unpaired) electrons. The lowest BCUT2D eigenvalue weighted by Gasteiger charge is -2.43. The van der Waals surface area contributed by atoms with Gasteiger partial charge in [-0.25, -0.2) is 9.97 Å². The number of hydrogen-bond acceptors (Lipinski definition) is 9. The number of rotatable bonds is 6. The van der Waals surface area contributed by atoms with Gasteiger partial charge in [0, 0.05) is 31.1 Å². The molecule has 3 aromatic rings. The summed E-state index contributed by atoms with van der Waals surface area (Å²) in [6.45, 7) is 7.02. The first-order chi connectivity index (χ1) is 17.0. The number of likely N-dealkylation sites (tertiary alicyclic amines) is 1. The maximum atomic E-state index is 6.21. The minimum atomic E-state index is 0.248. The van der Waals surface area contributed by atoms with Gasteiger partial charge in [-0.15, -0.1) is 0 Å². The fraction of sp³-hybridized carbons (Fsp3) is 0.520. The van der Waals surface area contributed by atoms with Gasteiger partial charge >= 0.3 is 0 Å². The molecule has 2 fully saturated rings. The zero-order chi connectivity index (χ0) is 24.4. The van der Waals surface area contributed by atoms with E-state index in [1.54, 1.807) is 20.4 Å². The number of piperidine rings is 1. The van der Waals surface area contributed by atoms with Gasteiger partial charge < -0.3 is 25.4 Å². The van der Waals surface area contributed by atoms with Gasteiger partial charge in [-0.1, -0.05) is 0 Å². The van der Waals surface area contributed by atoms with Gasteiger partial charge in [0.25, 0.3) is 5.82 Å². The molecule has 0 spiro atoms. The maximum absolute atomic E-state index is 6.21. The SMILES string of the molecule is COc1ccc(-c2cnc3nc(N)nc([N+]4(CC5CCCN(C)C5)CCNCC4)c3n2)cc1OC. The molecule has 1 atom stereocenters. The Balaban J connectivity index is 1.61. The highest BCUT2D eigenvalue weighted by atomic mass is 16.5. The number of anilines is 1. The number of fused-ring (bicyclic) bond motifs is 1. The molecule has 35 heavy (non-hydrogen) atoms. The summed E-state index contributed by atoms with van der Waals surface area (Å²) in [5, 5.41) is 3.52.